The molecule has 5 aromatic rings. The van der Waals surface area contributed by atoms with Crippen LogP contribution < -0.4 is 20.3 Å². The molecule has 0 spiro atoms. The predicted octanol–water partition coefficient (Wildman–Crippen LogP) is 7.69. The monoisotopic (exact) mass is 707 g/mol. The predicted molar refractivity (Wildman–Crippen MR) is 195 cm³/mol. The fourth-order valence-corrected chi connectivity index (χ4v) is 8.66. The van der Waals surface area contributed by atoms with Crippen molar-refractivity contribution in [2.24, 2.45) is 4.66 Å². The molecule has 5 aromatic carbocycles. The second-order valence-corrected chi connectivity index (χ2v) is 17.8. The fraction of sp³-hybridized carbons (Fsp3) is 0.231. The van der Waals surface area contributed by atoms with E-state index >= 15 is 0 Å². The Kier molecular flexibility index (Phi) is 15.3. The van der Waals surface area contributed by atoms with Gasteiger partial charge in [-0.15, -0.1) is 0 Å². The number of methoxy groups -OCH3 is 1. The third-order valence-corrected chi connectivity index (χ3v) is 11.8. The van der Waals surface area contributed by atoms with Gasteiger partial charge in [0, 0.05) is 39.5 Å². The van der Waals surface area contributed by atoms with Gasteiger partial charge >= 0.3 is 0 Å². The van der Waals surface area contributed by atoms with Gasteiger partial charge in [0.2, 0.25) is 0 Å². The zero-order valence-corrected chi connectivity index (χ0v) is 31.3. The molecule has 0 unspecified atom stereocenters. The minimum Gasteiger partial charge on any atom is -0.499 e. The van der Waals surface area contributed by atoms with Crippen molar-refractivity contribution >= 4 is 37.9 Å². The van der Waals surface area contributed by atoms with Crippen molar-refractivity contribution in [1.29, 1.82) is 0 Å². The average molecular weight is 708 g/mol. The van der Waals surface area contributed by atoms with Gasteiger partial charge in [-0.3, -0.25) is 0 Å². The van der Waals surface area contributed by atoms with Crippen molar-refractivity contribution in [3.63, 3.8) is 0 Å². The second kappa shape index (κ2) is 18.1. The SMILES string of the molecule is COc1ccc([C-]=N[Si](c2ccccc2)(c2ccccc2)c2ccccc2)cc1.C[PH+](C)C.Cc1c(C)c(C)[c-](C)c1C.[Rh]. The van der Waals surface area contributed by atoms with Crippen molar-refractivity contribution in [2.75, 3.05) is 27.1 Å². The Morgan fingerprint density at radius 3 is 1.23 bits per heavy atom. The number of benzene rings is 4. The van der Waals surface area contributed by atoms with Gasteiger partial charge in [-0.05, 0) is 23.5 Å². The van der Waals surface area contributed by atoms with Gasteiger partial charge in [0.15, 0.2) is 0 Å². The second-order valence-electron chi connectivity index (χ2n) is 11.4. The summed E-state index contributed by atoms with van der Waals surface area (Å²) < 4.78 is 10.5. The van der Waals surface area contributed by atoms with Gasteiger partial charge in [-0.1, -0.05) is 144 Å². The van der Waals surface area contributed by atoms with Crippen molar-refractivity contribution in [3.05, 3.63) is 149 Å². The molecule has 44 heavy (non-hydrogen) atoms. The molecule has 5 heteroatoms. The zero-order chi connectivity index (χ0) is 31.4. The molecule has 0 heterocycles. The van der Waals surface area contributed by atoms with Crippen LogP contribution in [0, 0.1) is 34.6 Å². The molecule has 0 saturated carbocycles. The third-order valence-electron chi connectivity index (χ3n) is 7.83. The summed E-state index contributed by atoms with van der Waals surface area (Å²) in [6, 6.07) is 39.7. The van der Waals surface area contributed by atoms with E-state index < -0.39 is 8.24 Å². The summed E-state index contributed by atoms with van der Waals surface area (Å²) >= 11 is 0. The average Bonchev–Trinajstić information content (AvgIpc) is 3.20. The van der Waals surface area contributed by atoms with Crippen LogP contribution in [0.2, 0.25) is 0 Å². The molecule has 0 N–H and O–H groups in total. The molecule has 1 radical (unpaired) electrons. The van der Waals surface area contributed by atoms with E-state index in [0.29, 0.717) is 0 Å². The number of rotatable bonds is 6. The van der Waals surface area contributed by atoms with E-state index in [-0.39, 0.29) is 27.4 Å². The minimum absolute atomic E-state index is 0. The van der Waals surface area contributed by atoms with Crippen molar-refractivity contribution < 1.29 is 24.2 Å². The van der Waals surface area contributed by atoms with Crippen LogP contribution in [0.5, 0.6) is 5.75 Å². The van der Waals surface area contributed by atoms with E-state index in [1.807, 2.05) is 24.3 Å². The molecule has 0 amide bonds. The number of hydrogen-bond acceptors (Lipinski definition) is 2. The maximum Gasteiger partial charge on any atom is 0.258 e. The number of nitrogens with zero attached hydrogens (tertiary/aromatic N) is 1. The Bertz CT molecular complexity index is 1380. The molecule has 5 rings (SSSR count). The van der Waals surface area contributed by atoms with E-state index in [1.54, 1.807) is 7.11 Å². The summed E-state index contributed by atoms with van der Waals surface area (Å²) in [4.78, 5) is 0. The molecular formula is C39H47NOPRhSi-. The normalized spacial score (nSPS) is 10.8. The Labute approximate surface area is 281 Å². The first kappa shape index (κ1) is 37.2. The molecule has 0 atom stereocenters. The fourth-order valence-electron chi connectivity index (χ4n) is 4.95. The maximum atomic E-state index is 5.27. The van der Waals surface area contributed by atoms with Gasteiger partial charge in [-0.25, -0.2) is 0 Å². The molecule has 233 valence electrons. The van der Waals surface area contributed by atoms with Gasteiger partial charge in [0.1, 0.15) is 0 Å². The van der Waals surface area contributed by atoms with E-state index in [0.717, 1.165) is 11.3 Å². The smallest absolute Gasteiger partial charge is 0.258 e. The summed E-state index contributed by atoms with van der Waals surface area (Å²) in [6.07, 6.45) is 3.36. The Morgan fingerprint density at radius 2 is 0.955 bits per heavy atom. The molecule has 0 aliphatic rings. The molecule has 0 aliphatic heterocycles. The molecule has 2 nitrogen and oxygen atoms in total. The standard InChI is InChI=1S/C26H22NOSi.C10H15.C3H9P.Rh/c1-28-23-19-17-22(18-20-23)21-27-29(24-11-5-2-6-12-24,25-13-7-3-8-14-25)26-15-9-4-10-16-26;1-6-7(2)9(4)10(5)8(6)3;1-4(2)3;/h2-20H,1H3;1-5H3;1-3H3;/q2*-1;;/p+1. The van der Waals surface area contributed by atoms with Crippen LogP contribution in [0.4, 0.5) is 0 Å². The quantitative estimate of drug-likeness (QED) is 0.0584. The summed E-state index contributed by atoms with van der Waals surface area (Å²) in [7, 11) is -0.854. The van der Waals surface area contributed by atoms with E-state index in [2.05, 4.69) is 152 Å². The topological polar surface area (TPSA) is 21.6 Å². The van der Waals surface area contributed by atoms with E-state index in [4.69, 9.17) is 9.39 Å². The van der Waals surface area contributed by atoms with Crippen LogP contribution in [-0.2, 0) is 19.5 Å². The summed E-state index contributed by atoms with van der Waals surface area (Å²) in [6.45, 7) is 17.8. The largest absolute Gasteiger partial charge is 0.499 e. The molecular weight excluding hydrogens is 660 g/mol. The van der Waals surface area contributed by atoms with Crippen LogP contribution in [0.3, 0.4) is 0 Å². The molecule has 0 saturated heterocycles. The molecule has 0 bridgehead atoms. The summed E-state index contributed by atoms with van der Waals surface area (Å²) in [5, 5.41) is 3.70. The zero-order valence-electron chi connectivity index (χ0n) is 27.7. The first-order chi connectivity index (χ1) is 20.6. The Hall–Kier alpha value is -3.03. The Morgan fingerprint density at radius 1 is 0.614 bits per heavy atom. The molecule has 0 aliphatic carbocycles. The van der Waals surface area contributed by atoms with Gasteiger partial charge < -0.3 is 9.39 Å². The third kappa shape index (κ3) is 9.48. The van der Waals surface area contributed by atoms with Crippen molar-refractivity contribution in [2.45, 2.75) is 34.6 Å². The molecule has 0 fully saturated rings. The Balaban J connectivity index is 0.000000375. The molecule has 0 aromatic heterocycles. The van der Waals surface area contributed by atoms with Crippen molar-refractivity contribution in [3.8, 4) is 5.75 Å². The maximum absolute atomic E-state index is 5.27. The van der Waals surface area contributed by atoms with Gasteiger partial charge in [0.25, 0.3) is 8.24 Å². The van der Waals surface area contributed by atoms with Crippen LogP contribution in [0.15, 0.2) is 120 Å². The summed E-state index contributed by atoms with van der Waals surface area (Å²) in [5.74, 6) is 0.827. The van der Waals surface area contributed by atoms with Gasteiger partial charge in [-0.2, -0.15) is 45.5 Å². The van der Waals surface area contributed by atoms with Crippen LogP contribution >= 0.6 is 7.92 Å². The van der Waals surface area contributed by atoms with E-state index in [9.17, 15) is 0 Å². The summed E-state index contributed by atoms with van der Waals surface area (Å²) in [5.41, 5.74) is 8.27. The van der Waals surface area contributed by atoms with Crippen LogP contribution in [0.25, 0.3) is 0 Å². The minimum atomic E-state index is -2.65. The van der Waals surface area contributed by atoms with Crippen LogP contribution in [0.1, 0.15) is 33.4 Å². The van der Waals surface area contributed by atoms with E-state index in [1.165, 1.54) is 43.4 Å². The first-order valence-electron chi connectivity index (χ1n) is 14.9. The van der Waals surface area contributed by atoms with Crippen molar-refractivity contribution in [1.82, 2.24) is 0 Å². The number of ether oxygens (including phenoxy) is 1. The van der Waals surface area contributed by atoms with Crippen LogP contribution in [-0.4, -0.2) is 41.6 Å². The first-order valence-corrected chi connectivity index (χ1v) is 19.8. The number of hydrogen-bond donors (Lipinski definition) is 0. The van der Waals surface area contributed by atoms with Gasteiger partial charge in [0.05, 0.1) is 12.9 Å².